The molecule has 1 aliphatic carbocycles. The van der Waals surface area contributed by atoms with Crippen molar-refractivity contribution in [2.75, 3.05) is 25.1 Å². The van der Waals surface area contributed by atoms with Crippen LogP contribution in [0.3, 0.4) is 0 Å². The summed E-state index contributed by atoms with van der Waals surface area (Å²) in [4.78, 5) is 32.0. The van der Waals surface area contributed by atoms with E-state index in [2.05, 4.69) is 9.53 Å². The molecule has 0 bridgehead atoms. The van der Waals surface area contributed by atoms with E-state index in [1.54, 1.807) is 11.0 Å². The Morgan fingerprint density at radius 2 is 2.14 bits per heavy atom. The number of aliphatic hydroxyl groups excluding tert-OH is 1. The number of oxime groups is 1. The van der Waals surface area contributed by atoms with Crippen LogP contribution in [0.1, 0.15) is 18.9 Å². The van der Waals surface area contributed by atoms with Gasteiger partial charge in [-0.25, -0.2) is 4.39 Å². The molecule has 5 rings (SSSR count). The number of hydrogen-bond acceptors (Lipinski definition) is 7. The van der Waals surface area contributed by atoms with E-state index in [9.17, 15) is 19.1 Å². The van der Waals surface area contributed by atoms with E-state index in [0.29, 0.717) is 16.1 Å². The SMILES string of the molecule is CO/N=C1\CN(c2cc3c(cc2F)c(=O)c2c(=O)[nH]sc2n3C2CC2)CC1O. The molecule has 0 radical (unpaired) electrons. The smallest absolute Gasteiger partial charge is 0.271 e. The third-order valence-corrected chi connectivity index (χ3v) is 6.17. The maximum absolute atomic E-state index is 14.9. The first kappa shape index (κ1) is 17.4. The maximum atomic E-state index is 14.9. The molecule has 1 saturated carbocycles. The standard InChI is InChI=1S/C18H17FN4O4S/c1-27-20-11-6-22(7-14(11)24)13-5-12-9(4-10(13)19)16(25)15-17(26)21-28-18(15)23(12)8-2-3-8/h4-5,8,14,24H,2-3,6-7H2,1H3,(H,21,26)/b20-11+. The molecule has 1 saturated heterocycles. The van der Waals surface area contributed by atoms with Gasteiger partial charge in [0, 0.05) is 18.0 Å². The number of β-amino-alcohol motifs (C(OH)–C–C–N with tert-alkyl or cyclic N) is 1. The second-order valence-electron chi connectivity index (χ2n) is 7.13. The van der Waals surface area contributed by atoms with E-state index < -0.39 is 22.9 Å². The molecule has 146 valence electrons. The summed E-state index contributed by atoms with van der Waals surface area (Å²) in [5, 5.41) is 14.2. The van der Waals surface area contributed by atoms with Gasteiger partial charge in [0.05, 0.1) is 17.7 Å². The van der Waals surface area contributed by atoms with Gasteiger partial charge in [0.25, 0.3) is 5.56 Å². The summed E-state index contributed by atoms with van der Waals surface area (Å²) in [6, 6.07) is 3.02. The van der Waals surface area contributed by atoms with Gasteiger partial charge in [-0.05, 0) is 36.5 Å². The minimum Gasteiger partial charge on any atom is -0.399 e. The molecule has 2 N–H and O–H groups in total. The second-order valence-corrected chi connectivity index (χ2v) is 7.92. The zero-order chi connectivity index (χ0) is 19.6. The molecular weight excluding hydrogens is 387 g/mol. The van der Waals surface area contributed by atoms with Crippen LogP contribution in [0.5, 0.6) is 0 Å². The van der Waals surface area contributed by atoms with E-state index in [-0.39, 0.29) is 35.6 Å². The molecule has 0 spiro atoms. The number of anilines is 1. The maximum Gasteiger partial charge on any atom is 0.271 e. The number of aromatic nitrogens is 2. The number of aliphatic hydroxyl groups is 1. The first-order chi connectivity index (χ1) is 13.5. The molecule has 2 fully saturated rings. The third-order valence-electron chi connectivity index (χ3n) is 5.29. The van der Waals surface area contributed by atoms with Gasteiger partial charge in [-0.2, -0.15) is 0 Å². The third kappa shape index (κ3) is 2.48. The molecule has 1 aliphatic heterocycles. The van der Waals surface area contributed by atoms with Gasteiger partial charge in [0.15, 0.2) is 0 Å². The van der Waals surface area contributed by atoms with Crippen LogP contribution in [0.2, 0.25) is 0 Å². The zero-order valence-electron chi connectivity index (χ0n) is 14.9. The first-order valence-corrected chi connectivity index (χ1v) is 9.73. The lowest BCUT2D eigenvalue weighted by Crippen LogP contribution is -2.23. The van der Waals surface area contributed by atoms with Gasteiger partial charge in [-0.15, -0.1) is 0 Å². The number of nitrogens with zero attached hydrogens (tertiary/aromatic N) is 3. The minimum absolute atomic E-state index is 0.0858. The summed E-state index contributed by atoms with van der Waals surface area (Å²) in [5.41, 5.74) is 0.398. The molecule has 1 unspecified atom stereocenters. The summed E-state index contributed by atoms with van der Waals surface area (Å²) in [6.45, 7) is 0.406. The topological polar surface area (TPSA) is 99.9 Å². The van der Waals surface area contributed by atoms with Gasteiger partial charge in [-0.1, -0.05) is 5.16 Å². The molecular formula is C18H17FN4O4S. The van der Waals surface area contributed by atoms with E-state index in [4.69, 9.17) is 4.84 Å². The molecule has 0 amide bonds. The average molecular weight is 404 g/mol. The van der Waals surface area contributed by atoms with Gasteiger partial charge in [-0.3, -0.25) is 14.0 Å². The Kier molecular flexibility index (Phi) is 3.81. The molecule has 1 atom stereocenters. The Labute approximate surface area is 161 Å². The highest BCUT2D eigenvalue weighted by Gasteiger charge is 2.32. The Morgan fingerprint density at radius 1 is 1.36 bits per heavy atom. The van der Waals surface area contributed by atoms with Gasteiger partial charge >= 0.3 is 0 Å². The average Bonchev–Trinajstić information content (AvgIpc) is 3.33. The van der Waals surface area contributed by atoms with Crippen LogP contribution in [0, 0.1) is 5.82 Å². The predicted octanol–water partition coefficient (Wildman–Crippen LogP) is 1.56. The van der Waals surface area contributed by atoms with Crippen molar-refractivity contribution in [1.82, 2.24) is 8.94 Å². The summed E-state index contributed by atoms with van der Waals surface area (Å²) in [5.74, 6) is -0.580. The number of aromatic amines is 1. The van der Waals surface area contributed by atoms with Crippen LogP contribution in [0.15, 0.2) is 26.9 Å². The Bertz CT molecular complexity index is 1260. The number of H-pyrrole nitrogens is 1. The fraction of sp³-hybridized carbons (Fsp3) is 0.389. The lowest BCUT2D eigenvalue weighted by molar-refractivity contribution is 0.200. The molecule has 2 aromatic heterocycles. The molecule has 3 heterocycles. The fourth-order valence-corrected chi connectivity index (χ4v) is 4.77. The largest absolute Gasteiger partial charge is 0.399 e. The first-order valence-electron chi connectivity index (χ1n) is 8.91. The highest BCUT2D eigenvalue weighted by molar-refractivity contribution is 7.12. The van der Waals surface area contributed by atoms with Crippen molar-refractivity contribution in [2.45, 2.75) is 25.0 Å². The van der Waals surface area contributed by atoms with Crippen LogP contribution in [0.25, 0.3) is 21.1 Å². The van der Waals surface area contributed by atoms with Crippen LogP contribution >= 0.6 is 11.5 Å². The van der Waals surface area contributed by atoms with Crippen LogP contribution in [0.4, 0.5) is 10.1 Å². The monoisotopic (exact) mass is 404 g/mol. The molecule has 2 aliphatic rings. The number of nitrogens with one attached hydrogen (secondary N) is 1. The highest BCUT2D eigenvalue weighted by atomic mass is 32.1. The van der Waals surface area contributed by atoms with Crippen LogP contribution < -0.4 is 15.9 Å². The minimum atomic E-state index is -0.849. The van der Waals surface area contributed by atoms with Crippen molar-refractivity contribution in [3.05, 3.63) is 38.5 Å². The normalized spacial score (nSPS) is 21.3. The highest BCUT2D eigenvalue weighted by Crippen LogP contribution is 2.40. The summed E-state index contributed by atoms with van der Waals surface area (Å²) in [6.07, 6.45) is 1.04. The molecule has 8 nitrogen and oxygen atoms in total. The lowest BCUT2D eigenvalue weighted by Gasteiger charge is -2.20. The number of fused-ring (bicyclic) bond motifs is 2. The number of pyridine rings is 1. The van der Waals surface area contributed by atoms with Crippen LogP contribution in [-0.2, 0) is 4.84 Å². The molecule has 1 aromatic carbocycles. The lowest BCUT2D eigenvalue weighted by atomic mass is 10.1. The number of rotatable bonds is 3. The number of hydrogen-bond donors (Lipinski definition) is 2. The van der Waals surface area contributed by atoms with E-state index in [1.165, 1.54) is 13.2 Å². The van der Waals surface area contributed by atoms with Crippen molar-refractivity contribution < 1.29 is 14.3 Å². The van der Waals surface area contributed by atoms with Crippen molar-refractivity contribution in [2.24, 2.45) is 5.16 Å². The summed E-state index contributed by atoms with van der Waals surface area (Å²) >= 11 is 1.13. The zero-order valence-corrected chi connectivity index (χ0v) is 15.8. The molecule has 3 aromatic rings. The van der Waals surface area contributed by atoms with Crippen molar-refractivity contribution in [3.63, 3.8) is 0 Å². The van der Waals surface area contributed by atoms with E-state index in [1.807, 2.05) is 4.57 Å². The Balaban J connectivity index is 1.76. The van der Waals surface area contributed by atoms with Crippen molar-refractivity contribution >= 4 is 44.1 Å². The van der Waals surface area contributed by atoms with E-state index >= 15 is 0 Å². The van der Waals surface area contributed by atoms with Gasteiger partial charge in [0.2, 0.25) is 5.43 Å². The molecule has 28 heavy (non-hydrogen) atoms. The Hall–Kier alpha value is -2.72. The fourth-order valence-electron chi connectivity index (χ4n) is 3.85. The number of halogens is 1. The molecule has 10 heteroatoms. The quantitative estimate of drug-likeness (QED) is 0.646. The predicted molar refractivity (Wildman–Crippen MR) is 105 cm³/mol. The van der Waals surface area contributed by atoms with Gasteiger partial charge in [0.1, 0.15) is 35.0 Å². The van der Waals surface area contributed by atoms with Crippen molar-refractivity contribution in [3.8, 4) is 0 Å². The van der Waals surface area contributed by atoms with Crippen molar-refractivity contribution in [1.29, 1.82) is 0 Å². The van der Waals surface area contributed by atoms with Gasteiger partial charge < -0.3 is 19.4 Å². The second kappa shape index (κ2) is 6.14. The Morgan fingerprint density at radius 3 is 2.86 bits per heavy atom. The summed E-state index contributed by atoms with van der Waals surface area (Å²) < 4.78 is 19.5. The van der Waals surface area contributed by atoms with Crippen LogP contribution in [-0.4, -0.2) is 46.1 Å². The van der Waals surface area contributed by atoms with E-state index in [0.717, 1.165) is 24.4 Å². The summed E-state index contributed by atoms with van der Waals surface area (Å²) in [7, 11) is 1.39. The number of benzene rings is 1.